The number of benzene rings is 1. The van der Waals surface area contributed by atoms with E-state index in [0.29, 0.717) is 11.1 Å². The van der Waals surface area contributed by atoms with Gasteiger partial charge in [-0.15, -0.1) is 0 Å². The summed E-state index contributed by atoms with van der Waals surface area (Å²) >= 11 is 0. The second-order valence-corrected chi connectivity index (χ2v) is 5.49. The van der Waals surface area contributed by atoms with Gasteiger partial charge < -0.3 is 15.5 Å². The summed E-state index contributed by atoms with van der Waals surface area (Å²) in [6.45, 7) is 1.12. The molecule has 0 unspecified atom stereocenters. The summed E-state index contributed by atoms with van der Waals surface area (Å²) in [6, 6.07) is 9.57. The van der Waals surface area contributed by atoms with Crippen LogP contribution in [0, 0.1) is 6.92 Å². The Hall–Kier alpha value is -3.48. The van der Waals surface area contributed by atoms with Gasteiger partial charge in [-0.3, -0.25) is 14.6 Å². The molecule has 0 saturated carbocycles. The lowest BCUT2D eigenvalue weighted by molar-refractivity contribution is -0.135. The second kappa shape index (κ2) is 6.56. The van der Waals surface area contributed by atoms with Crippen LogP contribution in [0.25, 0.3) is 22.0 Å². The number of hydrogen-bond donors (Lipinski definition) is 3. The van der Waals surface area contributed by atoms with Crippen LogP contribution in [0.15, 0.2) is 42.7 Å². The van der Waals surface area contributed by atoms with Crippen molar-refractivity contribution in [1.29, 1.82) is 0 Å². The molecular weight excluding hydrogens is 322 g/mol. The van der Waals surface area contributed by atoms with Crippen LogP contribution in [-0.2, 0) is 4.79 Å². The number of fused-ring (bicyclic) bond motifs is 1. The van der Waals surface area contributed by atoms with E-state index in [1.165, 1.54) is 6.20 Å². The fraction of sp³-hybridized carbons (Fsp3) is 0.111. The Labute approximate surface area is 143 Å². The van der Waals surface area contributed by atoms with E-state index < -0.39 is 18.4 Å². The normalized spacial score (nSPS) is 10.6. The van der Waals surface area contributed by atoms with E-state index in [1.54, 1.807) is 13.1 Å². The molecule has 0 spiro atoms. The lowest BCUT2D eigenvalue weighted by Crippen LogP contribution is -2.30. The fourth-order valence-electron chi connectivity index (χ4n) is 2.51. The highest BCUT2D eigenvalue weighted by molar-refractivity contribution is 5.97. The Morgan fingerprint density at radius 3 is 2.68 bits per heavy atom. The van der Waals surface area contributed by atoms with Gasteiger partial charge in [0.2, 0.25) is 0 Å². The summed E-state index contributed by atoms with van der Waals surface area (Å²) in [6.07, 6.45) is 3.15. The fourth-order valence-corrected chi connectivity index (χ4v) is 2.51. The van der Waals surface area contributed by atoms with Crippen molar-refractivity contribution < 1.29 is 19.8 Å². The summed E-state index contributed by atoms with van der Waals surface area (Å²) in [5.74, 6) is -2.21. The van der Waals surface area contributed by atoms with Crippen LogP contribution in [-0.4, -0.2) is 38.6 Å². The average molecular weight is 337 g/mol. The van der Waals surface area contributed by atoms with Crippen molar-refractivity contribution >= 4 is 22.8 Å². The summed E-state index contributed by atoms with van der Waals surface area (Å²) in [4.78, 5) is 30.8. The molecule has 1 aromatic carbocycles. The summed E-state index contributed by atoms with van der Waals surface area (Å²) in [7, 11) is 0. The Balaban J connectivity index is 1.98. The molecule has 25 heavy (non-hydrogen) atoms. The van der Waals surface area contributed by atoms with Crippen molar-refractivity contribution in [3.8, 4) is 16.9 Å². The maximum Gasteiger partial charge on any atom is 0.322 e. The van der Waals surface area contributed by atoms with Gasteiger partial charge >= 0.3 is 5.97 Å². The third-order valence-corrected chi connectivity index (χ3v) is 3.82. The van der Waals surface area contributed by atoms with Crippen molar-refractivity contribution in [3.05, 3.63) is 54.0 Å². The van der Waals surface area contributed by atoms with Gasteiger partial charge in [-0.1, -0.05) is 18.2 Å². The van der Waals surface area contributed by atoms with Gasteiger partial charge in [0, 0.05) is 34.5 Å². The monoisotopic (exact) mass is 337 g/mol. The smallest absolute Gasteiger partial charge is 0.322 e. The van der Waals surface area contributed by atoms with Crippen LogP contribution >= 0.6 is 0 Å². The Morgan fingerprint density at radius 1 is 1.16 bits per heavy atom. The lowest BCUT2D eigenvalue weighted by Gasteiger charge is -2.11. The first-order valence-electron chi connectivity index (χ1n) is 7.51. The molecule has 0 radical (unpaired) electrons. The number of amides is 1. The van der Waals surface area contributed by atoms with Gasteiger partial charge in [0.15, 0.2) is 5.69 Å². The minimum atomic E-state index is -1.18. The lowest BCUT2D eigenvalue weighted by atomic mass is 10.0. The van der Waals surface area contributed by atoms with E-state index in [-0.39, 0.29) is 11.4 Å². The molecule has 0 aliphatic heterocycles. The number of carbonyl (C=O) groups excluding carboxylic acids is 1. The molecule has 0 aliphatic carbocycles. The van der Waals surface area contributed by atoms with E-state index in [4.69, 9.17) is 5.11 Å². The maximum absolute atomic E-state index is 11.9. The molecule has 0 atom stereocenters. The quantitative estimate of drug-likeness (QED) is 0.672. The summed E-state index contributed by atoms with van der Waals surface area (Å²) < 4.78 is 0. The van der Waals surface area contributed by atoms with Gasteiger partial charge in [-0.25, -0.2) is 4.98 Å². The van der Waals surface area contributed by atoms with E-state index in [2.05, 4.69) is 15.3 Å². The van der Waals surface area contributed by atoms with Gasteiger partial charge in [0.1, 0.15) is 12.3 Å². The molecule has 2 aromatic heterocycles. The molecule has 3 aromatic rings. The largest absolute Gasteiger partial charge is 0.505 e. The van der Waals surface area contributed by atoms with Crippen LogP contribution in [0.5, 0.6) is 5.75 Å². The molecule has 7 nitrogen and oxygen atoms in total. The van der Waals surface area contributed by atoms with Crippen LogP contribution < -0.4 is 5.32 Å². The molecule has 0 saturated heterocycles. The van der Waals surface area contributed by atoms with E-state index in [9.17, 15) is 14.7 Å². The molecule has 0 fully saturated rings. The standard InChI is InChI=1S/C18H15N3O4/c1-10-13(12-6-11-4-2-3-5-14(11)19-7-12)8-20-16(17(10)24)18(25)21-9-15(22)23/h2-8,24H,9H2,1H3,(H,21,25)(H,22,23). The SMILES string of the molecule is Cc1c(-c2cnc3ccccc3c2)cnc(C(=O)NCC(=O)O)c1O. The first kappa shape index (κ1) is 16.4. The highest BCUT2D eigenvalue weighted by Gasteiger charge is 2.18. The number of pyridine rings is 2. The number of aliphatic carboxylic acids is 1. The minimum absolute atomic E-state index is 0.212. The molecular formula is C18H15N3O4. The molecule has 0 aliphatic rings. The Morgan fingerprint density at radius 2 is 1.92 bits per heavy atom. The molecule has 7 heteroatoms. The van der Waals surface area contributed by atoms with Crippen molar-refractivity contribution in [2.75, 3.05) is 6.54 Å². The molecule has 1 amide bonds. The van der Waals surface area contributed by atoms with Crippen LogP contribution in [0.1, 0.15) is 16.1 Å². The Bertz CT molecular complexity index is 985. The molecule has 2 heterocycles. The van der Waals surface area contributed by atoms with Gasteiger partial charge in [0.25, 0.3) is 5.91 Å². The van der Waals surface area contributed by atoms with Crippen molar-refractivity contribution in [3.63, 3.8) is 0 Å². The number of rotatable bonds is 4. The zero-order valence-corrected chi connectivity index (χ0v) is 13.4. The number of carboxylic acid groups (broad SMARTS) is 1. The summed E-state index contributed by atoms with van der Waals surface area (Å²) in [5, 5.41) is 22.0. The topological polar surface area (TPSA) is 112 Å². The van der Waals surface area contributed by atoms with E-state index >= 15 is 0 Å². The number of aromatic hydroxyl groups is 1. The van der Waals surface area contributed by atoms with Crippen LogP contribution in [0.2, 0.25) is 0 Å². The van der Waals surface area contributed by atoms with E-state index in [1.807, 2.05) is 30.3 Å². The third kappa shape index (κ3) is 3.25. The second-order valence-electron chi connectivity index (χ2n) is 5.49. The molecule has 3 N–H and O–H groups in total. The van der Waals surface area contributed by atoms with Crippen molar-refractivity contribution in [2.24, 2.45) is 0 Å². The number of aromatic nitrogens is 2. The number of carboxylic acids is 1. The first-order chi connectivity index (χ1) is 12.0. The highest BCUT2D eigenvalue weighted by atomic mass is 16.4. The van der Waals surface area contributed by atoms with Crippen LogP contribution in [0.3, 0.4) is 0 Å². The zero-order valence-electron chi connectivity index (χ0n) is 13.4. The van der Waals surface area contributed by atoms with Gasteiger partial charge in [-0.05, 0) is 19.1 Å². The maximum atomic E-state index is 11.9. The highest BCUT2D eigenvalue weighted by Crippen LogP contribution is 2.31. The first-order valence-corrected chi connectivity index (χ1v) is 7.51. The summed E-state index contributed by atoms with van der Waals surface area (Å²) in [5.41, 5.74) is 2.51. The molecule has 0 bridgehead atoms. The zero-order chi connectivity index (χ0) is 18.0. The molecule has 3 rings (SSSR count). The minimum Gasteiger partial charge on any atom is -0.505 e. The number of hydrogen-bond acceptors (Lipinski definition) is 5. The van der Waals surface area contributed by atoms with E-state index in [0.717, 1.165) is 16.5 Å². The van der Waals surface area contributed by atoms with Crippen molar-refractivity contribution in [1.82, 2.24) is 15.3 Å². The third-order valence-electron chi connectivity index (χ3n) is 3.82. The number of carbonyl (C=O) groups is 2. The van der Waals surface area contributed by atoms with Gasteiger partial charge in [-0.2, -0.15) is 0 Å². The predicted octanol–water partition coefficient (Wildman–Crippen LogP) is 2.13. The Kier molecular flexibility index (Phi) is 4.30. The number of nitrogens with zero attached hydrogens (tertiary/aromatic N) is 2. The molecule has 126 valence electrons. The average Bonchev–Trinajstić information content (AvgIpc) is 2.61. The number of para-hydroxylation sites is 1. The van der Waals surface area contributed by atoms with Gasteiger partial charge in [0.05, 0.1) is 5.52 Å². The number of nitrogens with one attached hydrogen (secondary N) is 1. The predicted molar refractivity (Wildman–Crippen MR) is 91.3 cm³/mol. The van der Waals surface area contributed by atoms with Crippen LogP contribution in [0.4, 0.5) is 0 Å². The van der Waals surface area contributed by atoms with Crippen molar-refractivity contribution in [2.45, 2.75) is 6.92 Å².